The first-order valence-electron chi connectivity index (χ1n) is 7.67. The number of hydrogen-bond donors (Lipinski definition) is 1. The number of hydrogen-bond acceptors (Lipinski definition) is 2. The van der Waals surface area contributed by atoms with E-state index in [1.54, 1.807) is 0 Å². The fraction of sp³-hybridized carbons (Fsp3) is 0.222. The van der Waals surface area contributed by atoms with E-state index in [1.807, 2.05) is 30.3 Å². The van der Waals surface area contributed by atoms with Crippen LogP contribution in [0.25, 0.3) is 6.08 Å². The second-order valence-corrected chi connectivity index (χ2v) is 7.54. The molecule has 0 heterocycles. The van der Waals surface area contributed by atoms with Gasteiger partial charge in [0.2, 0.25) is 10.0 Å². The van der Waals surface area contributed by atoms with E-state index in [0.29, 0.717) is 5.56 Å². The van der Waals surface area contributed by atoms with E-state index in [0.717, 1.165) is 29.5 Å². The molecular formula is C18H16F3NO2S. The van der Waals surface area contributed by atoms with Crippen molar-refractivity contribution in [2.45, 2.75) is 24.6 Å². The Labute approximate surface area is 144 Å². The smallest absolute Gasteiger partial charge is 0.208 e. The third kappa shape index (κ3) is 4.70. The first-order valence-corrected chi connectivity index (χ1v) is 9.22. The standard InChI is InChI=1S/C18H16F3NO2S/c19-18(20,21)15-8-6-13(7-9-15)10-11-25(23,24)22-17-12-16(17)14-4-2-1-3-5-14/h1-11,16-17,22H,12H2/b11-10+/t16-,17+/m1/s1. The van der Waals surface area contributed by atoms with Crippen LogP contribution >= 0.6 is 0 Å². The van der Waals surface area contributed by atoms with Crippen molar-refractivity contribution in [3.8, 4) is 0 Å². The molecule has 0 amide bonds. The Morgan fingerprint density at radius 2 is 1.64 bits per heavy atom. The lowest BCUT2D eigenvalue weighted by atomic mass is 10.1. The minimum absolute atomic E-state index is 0.148. The molecule has 1 fully saturated rings. The highest BCUT2D eigenvalue weighted by Gasteiger charge is 2.40. The van der Waals surface area contributed by atoms with Gasteiger partial charge in [-0.3, -0.25) is 0 Å². The van der Waals surface area contributed by atoms with Crippen molar-refractivity contribution >= 4 is 16.1 Å². The van der Waals surface area contributed by atoms with E-state index in [-0.39, 0.29) is 12.0 Å². The summed E-state index contributed by atoms with van der Waals surface area (Å²) < 4.78 is 64.2. The molecule has 2 aromatic carbocycles. The van der Waals surface area contributed by atoms with E-state index in [4.69, 9.17) is 0 Å². The maximum Gasteiger partial charge on any atom is 0.416 e. The summed E-state index contributed by atoms with van der Waals surface area (Å²) >= 11 is 0. The Balaban J connectivity index is 1.61. The highest BCUT2D eigenvalue weighted by atomic mass is 32.2. The number of sulfonamides is 1. The van der Waals surface area contributed by atoms with E-state index in [9.17, 15) is 21.6 Å². The SMILES string of the molecule is O=S(=O)(/C=C/c1ccc(C(F)(F)F)cc1)N[C@H]1C[C@@H]1c1ccccc1. The summed E-state index contributed by atoms with van der Waals surface area (Å²) in [6.07, 6.45) is -2.39. The molecule has 1 saturated carbocycles. The van der Waals surface area contributed by atoms with Crippen LogP contribution in [-0.4, -0.2) is 14.5 Å². The van der Waals surface area contributed by atoms with Crippen LogP contribution in [0.3, 0.4) is 0 Å². The van der Waals surface area contributed by atoms with Crippen molar-refractivity contribution in [2.24, 2.45) is 0 Å². The summed E-state index contributed by atoms with van der Waals surface area (Å²) in [7, 11) is -3.65. The third-order valence-corrected chi connectivity index (χ3v) is 5.14. The second kappa shape index (κ2) is 6.65. The molecule has 0 radical (unpaired) electrons. The van der Waals surface area contributed by atoms with Crippen molar-refractivity contribution in [2.75, 3.05) is 0 Å². The molecule has 7 heteroatoms. The van der Waals surface area contributed by atoms with Gasteiger partial charge < -0.3 is 0 Å². The lowest BCUT2D eigenvalue weighted by molar-refractivity contribution is -0.137. The van der Waals surface area contributed by atoms with Crippen LogP contribution in [-0.2, 0) is 16.2 Å². The molecule has 132 valence electrons. The average Bonchev–Trinajstić information content (AvgIpc) is 3.32. The second-order valence-electron chi connectivity index (χ2n) is 5.94. The van der Waals surface area contributed by atoms with E-state index >= 15 is 0 Å². The molecule has 0 saturated heterocycles. The Morgan fingerprint density at radius 3 is 2.24 bits per heavy atom. The monoisotopic (exact) mass is 367 g/mol. The van der Waals surface area contributed by atoms with Gasteiger partial charge in [0.1, 0.15) is 0 Å². The van der Waals surface area contributed by atoms with Gasteiger partial charge in [-0.2, -0.15) is 13.2 Å². The average molecular weight is 367 g/mol. The van der Waals surface area contributed by atoms with Crippen molar-refractivity contribution in [1.82, 2.24) is 4.72 Å². The number of alkyl halides is 3. The lowest BCUT2D eigenvalue weighted by Gasteiger charge is -2.06. The normalized spacial score (nSPS) is 20.8. The number of nitrogens with one attached hydrogen (secondary N) is 1. The highest BCUT2D eigenvalue weighted by molar-refractivity contribution is 7.92. The third-order valence-electron chi connectivity index (χ3n) is 4.01. The van der Waals surface area contributed by atoms with Gasteiger partial charge in [0.05, 0.1) is 5.56 Å². The summed E-state index contributed by atoms with van der Waals surface area (Å²) in [5.41, 5.74) is 0.699. The number of halogens is 3. The van der Waals surface area contributed by atoms with Crippen LogP contribution in [0.4, 0.5) is 13.2 Å². The quantitative estimate of drug-likeness (QED) is 0.863. The van der Waals surface area contributed by atoms with E-state index < -0.39 is 21.8 Å². The molecular weight excluding hydrogens is 351 g/mol. The van der Waals surface area contributed by atoms with Gasteiger partial charge in [0.25, 0.3) is 0 Å². The van der Waals surface area contributed by atoms with Crippen LogP contribution in [0, 0.1) is 0 Å². The summed E-state index contributed by atoms with van der Waals surface area (Å²) in [5, 5.41) is 0.982. The van der Waals surface area contributed by atoms with Gasteiger partial charge in [-0.1, -0.05) is 42.5 Å². The topological polar surface area (TPSA) is 46.2 Å². The molecule has 0 bridgehead atoms. The number of benzene rings is 2. The molecule has 0 aliphatic heterocycles. The Kier molecular flexibility index (Phi) is 4.71. The highest BCUT2D eigenvalue weighted by Crippen LogP contribution is 2.41. The Morgan fingerprint density at radius 1 is 1.00 bits per heavy atom. The molecule has 2 atom stereocenters. The molecule has 1 N–H and O–H groups in total. The maximum atomic E-state index is 12.5. The summed E-state index contributed by atoms with van der Waals surface area (Å²) in [6, 6.07) is 13.8. The predicted octanol–water partition coefficient (Wildman–Crippen LogP) is 4.15. The Bertz CT molecular complexity index is 859. The largest absolute Gasteiger partial charge is 0.416 e. The molecule has 3 rings (SSSR count). The van der Waals surface area contributed by atoms with Gasteiger partial charge in [0, 0.05) is 17.4 Å². The summed E-state index contributed by atoms with van der Waals surface area (Å²) in [4.78, 5) is 0. The fourth-order valence-corrected chi connectivity index (χ4v) is 3.69. The zero-order valence-corrected chi connectivity index (χ0v) is 13.9. The molecule has 2 aromatic rings. The molecule has 25 heavy (non-hydrogen) atoms. The zero-order chi connectivity index (χ0) is 18.1. The minimum atomic E-state index is -4.41. The summed E-state index contributed by atoms with van der Waals surface area (Å²) in [6.45, 7) is 0. The van der Waals surface area contributed by atoms with Crippen molar-refractivity contribution in [3.05, 3.63) is 76.7 Å². The van der Waals surface area contributed by atoms with Crippen LogP contribution < -0.4 is 4.72 Å². The fourth-order valence-electron chi connectivity index (χ4n) is 2.60. The lowest BCUT2D eigenvalue weighted by Crippen LogP contribution is -2.24. The zero-order valence-electron chi connectivity index (χ0n) is 13.1. The van der Waals surface area contributed by atoms with Crippen LogP contribution in [0.1, 0.15) is 29.0 Å². The molecule has 0 unspecified atom stereocenters. The van der Waals surface area contributed by atoms with Gasteiger partial charge in [-0.05, 0) is 35.8 Å². The van der Waals surface area contributed by atoms with Gasteiger partial charge >= 0.3 is 6.18 Å². The molecule has 1 aliphatic rings. The van der Waals surface area contributed by atoms with Gasteiger partial charge in [-0.25, -0.2) is 13.1 Å². The van der Waals surface area contributed by atoms with Crippen LogP contribution in [0.2, 0.25) is 0 Å². The maximum absolute atomic E-state index is 12.5. The first-order chi connectivity index (χ1) is 11.7. The van der Waals surface area contributed by atoms with Gasteiger partial charge in [-0.15, -0.1) is 0 Å². The van der Waals surface area contributed by atoms with Crippen molar-refractivity contribution in [1.29, 1.82) is 0 Å². The Hall–Kier alpha value is -2.12. The minimum Gasteiger partial charge on any atom is -0.208 e. The summed E-state index contributed by atoms with van der Waals surface area (Å²) in [5.74, 6) is 0.162. The van der Waals surface area contributed by atoms with Crippen molar-refractivity contribution < 1.29 is 21.6 Å². The predicted molar refractivity (Wildman–Crippen MR) is 90.1 cm³/mol. The van der Waals surface area contributed by atoms with Crippen LogP contribution in [0.15, 0.2) is 60.0 Å². The van der Waals surface area contributed by atoms with E-state index in [1.165, 1.54) is 18.2 Å². The first kappa shape index (κ1) is 17.7. The molecule has 3 nitrogen and oxygen atoms in total. The van der Waals surface area contributed by atoms with Crippen LogP contribution in [0.5, 0.6) is 0 Å². The van der Waals surface area contributed by atoms with Crippen molar-refractivity contribution in [3.63, 3.8) is 0 Å². The molecule has 1 aliphatic carbocycles. The molecule has 0 spiro atoms. The van der Waals surface area contributed by atoms with Gasteiger partial charge in [0.15, 0.2) is 0 Å². The number of rotatable bonds is 5. The van der Waals surface area contributed by atoms with E-state index in [2.05, 4.69) is 4.72 Å². The molecule has 0 aromatic heterocycles.